The van der Waals surface area contributed by atoms with E-state index in [0.717, 1.165) is 0 Å². The Hall–Kier alpha value is -1.15. The Bertz CT molecular complexity index is 506. The molecule has 8 heteroatoms. The zero-order chi connectivity index (χ0) is 13.9. The van der Waals surface area contributed by atoms with Crippen LogP contribution in [0.5, 0.6) is 0 Å². The number of sulfonamides is 1. The van der Waals surface area contributed by atoms with Crippen molar-refractivity contribution in [2.75, 3.05) is 36.8 Å². The number of nitrogens with zero attached hydrogens (tertiary/aromatic N) is 4. The van der Waals surface area contributed by atoms with Gasteiger partial charge in [0, 0.05) is 32.6 Å². The molecule has 2 heterocycles. The highest BCUT2D eigenvalue weighted by Gasteiger charge is 2.27. The van der Waals surface area contributed by atoms with E-state index in [-0.39, 0.29) is 5.75 Å². The van der Waals surface area contributed by atoms with Gasteiger partial charge in [-0.15, -0.1) is 5.10 Å². The molecule has 108 valence electrons. The molecule has 2 rings (SSSR count). The largest absolute Gasteiger partial charge is 0.408 e. The van der Waals surface area contributed by atoms with Gasteiger partial charge in [-0.3, -0.25) is 0 Å². The summed E-state index contributed by atoms with van der Waals surface area (Å²) in [5.41, 5.74) is 0. The Morgan fingerprint density at radius 2 is 1.84 bits per heavy atom. The Morgan fingerprint density at radius 1 is 1.16 bits per heavy atom. The van der Waals surface area contributed by atoms with E-state index in [1.54, 1.807) is 4.31 Å². The van der Waals surface area contributed by atoms with Crippen LogP contribution < -0.4 is 4.90 Å². The minimum atomic E-state index is -3.10. The van der Waals surface area contributed by atoms with E-state index < -0.39 is 10.0 Å². The van der Waals surface area contributed by atoms with Crippen LogP contribution in [0.4, 0.5) is 6.01 Å². The highest BCUT2D eigenvalue weighted by molar-refractivity contribution is 7.89. The maximum atomic E-state index is 11.9. The summed E-state index contributed by atoms with van der Waals surface area (Å²) >= 11 is 0. The lowest BCUT2D eigenvalue weighted by atomic mass is 10.4. The van der Waals surface area contributed by atoms with Gasteiger partial charge in [-0.1, -0.05) is 18.9 Å². The summed E-state index contributed by atoms with van der Waals surface area (Å²) in [4.78, 5) is 1.93. The zero-order valence-corrected chi connectivity index (χ0v) is 12.2. The molecular weight excluding hydrogens is 268 g/mol. The molecule has 0 bridgehead atoms. The van der Waals surface area contributed by atoms with Crippen LogP contribution in [0.3, 0.4) is 0 Å². The van der Waals surface area contributed by atoms with Gasteiger partial charge in [0.15, 0.2) is 0 Å². The molecule has 0 spiro atoms. The first-order valence-corrected chi connectivity index (χ1v) is 8.23. The van der Waals surface area contributed by atoms with E-state index >= 15 is 0 Å². The van der Waals surface area contributed by atoms with E-state index in [2.05, 4.69) is 10.2 Å². The van der Waals surface area contributed by atoms with Crippen molar-refractivity contribution in [3.8, 4) is 0 Å². The molecule has 19 heavy (non-hydrogen) atoms. The molecule has 7 nitrogen and oxygen atoms in total. The van der Waals surface area contributed by atoms with Crippen LogP contribution in [0.25, 0.3) is 0 Å². The van der Waals surface area contributed by atoms with Crippen molar-refractivity contribution in [3.05, 3.63) is 5.89 Å². The Morgan fingerprint density at radius 3 is 2.37 bits per heavy atom. The summed E-state index contributed by atoms with van der Waals surface area (Å²) in [5, 5.41) is 7.89. The first kappa shape index (κ1) is 14.3. The normalized spacial score (nSPS) is 17.9. The molecule has 1 fully saturated rings. The third kappa shape index (κ3) is 3.24. The molecular formula is C11H20N4O3S. The van der Waals surface area contributed by atoms with E-state index in [1.807, 2.05) is 18.7 Å². The number of aryl methyl sites for hydroxylation is 1. The van der Waals surface area contributed by atoms with Crippen molar-refractivity contribution in [2.24, 2.45) is 0 Å². The SMILES string of the molecule is CCCS(=O)(=O)N1CCN(c2nnc(CC)o2)CC1. The van der Waals surface area contributed by atoms with Gasteiger partial charge in [-0.2, -0.15) is 4.31 Å². The summed E-state index contributed by atoms with van der Waals surface area (Å²) in [6.07, 6.45) is 1.35. The molecule has 0 aromatic carbocycles. The van der Waals surface area contributed by atoms with E-state index in [4.69, 9.17) is 4.42 Å². The first-order chi connectivity index (χ1) is 9.06. The lowest BCUT2D eigenvalue weighted by molar-refractivity contribution is 0.369. The fourth-order valence-electron chi connectivity index (χ4n) is 2.06. The molecule has 0 radical (unpaired) electrons. The Balaban J connectivity index is 1.95. The lowest BCUT2D eigenvalue weighted by Crippen LogP contribution is -2.49. The molecule has 0 aliphatic carbocycles. The quantitative estimate of drug-likeness (QED) is 0.784. The maximum Gasteiger partial charge on any atom is 0.318 e. The van der Waals surface area contributed by atoms with Crippen LogP contribution in [0.1, 0.15) is 26.2 Å². The number of piperazine rings is 1. The van der Waals surface area contributed by atoms with Crippen molar-refractivity contribution in [3.63, 3.8) is 0 Å². The van der Waals surface area contributed by atoms with Crippen molar-refractivity contribution in [2.45, 2.75) is 26.7 Å². The molecule has 1 aliphatic rings. The fraction of sp³-hybridized carbons (Fsp3) is 0.818. The van der Waals surface area contributed by atoms with Crippen molar-refractivity contribution in [1.82, 2.24) is 14.5 Å². The van der Waals surface area contributed by atoms with Gasteiger partial charge >= 0.3 is 6.01 Å². The lowest BCUT2D eigenvalue weighted by Gasteiger charge is -2.32. The second-order valence-electron chi connectivity index (χ2n) is 4.53. The minimum Gasteiger partial charge on any atom is -0.408 e. The Kier molecular flexibility index (Phi) is 4.41. The molecule has 1 aliphatic heterocycles. The molecule has 1 saturated heterocycles. The predicted molar refractivity (Wildman–Crippen MR) is 71.5 cm³/mol. The molecule has 1 aromatic heterocycles. The molecule has 0 N–H and O–H groups in total. The minimum absolute atomic E-state index is 0.216. The number of aromatic nitrogens is 2. The summed E-state index contributed by atoms with van der Waals surface area (Å²) in [5.74, 6) is 0.823. The fourth-order valence-corrected chi connectivity index (χ4v) is 3.55. The average molecular weight is 288 g/mol. The third-order valence-electron chi connectivity index (χ3n) is 3.12. The van der Waals surface area contributed by atoms with E-state index in [1.165, 1.54) is 0 Å². The topological polar surface area (TPSA) is 79.5 Å². The summed E-state index contributed by atoms with van der Waals surface area (Å²) in [7, 11) is -3.10. The van der Waals surface area contributed by atoms with Crippen LogP contribution in [0.15, 0.2) is 4.42 Å². The number of hydrogen-bond acceptors (Lipinski definition) is 6. The van der Waals surface area contributed by atoms with Gasteiger partial charge < -0.3 is 9.32 Å². The zero-order valence-electron chi connectivity index (χ0n) is 11.4. The summed E-state index contributed by atoms with van der Waals surface area (Å²) in [6, 6.07) is 0.490. The molecule has 0 unspecified atom stereocenters. The third-order valence-corrected chi connectivity index (χ3v) is 5.20. The van der Waals surface area contributed by atoms with Crippen LogP contribution in [-0.2, 0) is 16.4 Å². The van der Waals surface area contributed by atoms with Gasteiger partial charge in [-0.05, 0) is 6.42 Å². The molecule has 0 amide bonds. The first-order valence-electron chi connectivity index (χ1n) is 6.62. The van der Waals surface area contributed by atoms with E-state index in [0.29, 0.717) is 50.9 Å². The second kappa shape index (κ2) is 5.87. The van der Waals surface area contributed by atoms with Gasteiger partial charge in [0.1, 0.15) is 0 Å². The van der Waals surface area contributed by atoms with Gasteiger partial charge in [0.05, 0.1) is 5.75 Å². The van der Waals surface area contributed by atoms with Crippen LogP contribution in [0, 0.1) is 0 Å². The van der Waals surface area contributed by atoms with Crippen molar-refractivity contribution >= 4 is 16.0 Å². The summed E-state index contributed by atoms with van der Waals surface area (Å²) < 4.78 is 30.9. The van der Waals surface area contributed by atoms with Crippen LogP contribution >= 0.6 is 0 Å². The highest BCUT2D eigenvalue weighted by Crippen LogP contribution is 2.16. The van der Waals surface area contributed by atoms with Crippen LogP contribution in [-0.4, -0.2) is 54.9 Å². The smallest absolute Gasteiger partial charge is 0.318 e. The van der Waals surface area contributed by atoms with Gasteiger partial charge in [0.25, 0.3) is 0 Å². The van der Waals surface area contributed by atoms with Gasteiger partial charge in [-0.25, -0.2) is 8.42 Å². The van der Waals surface area contributed by atoms with Crippen molar-refractivity contribution < 1.29 is 12.8 Å². The van der Waals surface area contributed by atoms with Gasteiger partial charge in [0.2, 0.25) is 15.9 Å². The van der Waals surface area contributed by atoms with Crippen LogP contribution in [0.2, 0.25) is 0 Å². The monoisotopic (exact) mass is 288 g/mol. The van der Waals surface area contributed by atoms with E-state index in [9.17, 15) is 8.42 Å². The Labute approximate surface area is 113 Å². The maximum absolute atomic E-state index is 11.9. The average Bonchev–Trinajstić information content (AvgIpc) is 2.87. The number of rotatable bonds is 5. The predicted octanol–water partition coefficient (Wildman–Crippen LogP) is 0.494. The molecule has 0 saturated carbocycles. The standard InChI is InChI=1S/C11H20N4O3S/c1-3-9-19(16,17)15-7-5-14(6-8-15)11-13-12-10(4-2)18-11/h3-9H2,1-2H3. The second-order valence-corrected chi connectivity index (χ2v) is 6.62. The summed E-state index contributed by atoms with van der Waals surface area (Å²) in [6.45, 7) is 5.96. The number of anilines is 1. The molecule has 0 atom stereocenters. The molecule has 1 aromatic rings. The highest BCUT2D eigenvalue weighted by atomic mass is 32.2. The number of hydrogen-bond donors (Lipinski definition) is 0. The van der Waals surface area contributed by atoms with Crippen molar-refractivity contribution in [1.29, 1.82) is 0 Å².